The third-order valence-electron chi connectivity index (χ3n) is 5.92. The van der Waals surface area contributed by atoms with Crippen molar-refractivity contribution in [1.82, 2.24) is 20.0 Å². The number of nitrogens with one attached hydrogen (secondary N) is 1. The van der Waals surface area contributed by atoms with Crippen molar-refractivity contribution in [2.24, 2.45) is 0 Å². The first kappa shape index (κ1) is 19.8. The molecule has 1 saturated heterocycles. The van der Waals surface area contributed by atoms with Crippen LogP contribution in [0.4, 0.5) is 4.39 Å². The summed E-state index contributed by atoms with van der Waals surface area (Å²) in [6.07, 6.45) is 2.33. The van der Waals surface area contributed by atoms with E-state index in [1.807, 2.05) is 11.6 Å². The van der Waals surface area contributed by atoms with Gasteiger partial charge in [0.05, 0.1) is 11.4 Å². The van der Waals surface area contributed by atoms with Gasteiger partial charge in [0.1, 0.15) is 5.82 Å². The summed E-state index contributed by atoms with van der Waals surface area (Å²) in [5.41, 5.74) is 5.66. The number of benzene rings is 2. The van der Waals surface area contributed by atoms with Gasteiger partial charge in [-0.15, -0.1) is 0 Å². The van der Waals surface area contributed by atoms with Crippen molar-refractivity contribution in [2.75, 3.05) is 13.1 Å². The molecule has 1 N–H and O–H groups in total. The highest BCUT2D eigenvalue weighted by Crippen LogP contribution is 2.20. The lowest BCUT2D eigenvalue weighted by Crippen LogP contribution is -2.41. The number of rotatable bonds is 6. The fraction of sp³-hybridized carbons (Fsp3) is 0.375. The highest BCUT2D eigenvalue weighted by atomic mass is 19.1. The van der Waals surface area contributed by atoms with Gasteiger partial charge >= 0.3 is 0 Å². The number of nitrogens with zero attached hydrogens (tertiary/aromatic N) is 3. The Balaban J connectivity index is 1.32. The average molecular weight is 393 g/mol. The number of hydrogen-bond acceptors (Lipinski definition) is 3. The van der Waals surface area contributed by atoms with E-state index in [4.69, 9.17) is 0 Å². The molecule has 0 saturated carbocycles. The molecule has 0 spiro atoms. The lowest BCUT2D eigenvalue weighted by atomic mass is 10.0. The van der Waals surface area contributed by atoms with E-state index in [0.717, 1.165) is 56.1 Å². The molecule has 4 rings (SSSR count). The zero-order chi connectivity index (χ0) is 20.2. The Kier molecular flexibility index (Phi) is 6.07. The van der Waals surface area contributed by atoms with Crippen LogP contribution in [0.3, 0.4) is 0 Å². The van der Waals surface area contributed by atoms with E-state index in [-0.39, 0.29) is 5.82 Å². The van der Waals surface area contributed by atoms with Crippen LogP contribution in [0.1, 0.15) is 35.4 Å². The molecule has 2 heterocycles. The number of halogens is 1. The molecule has 3 aromatic rings. The molecule has 0 amide bonds. The molecule has 0 radical (unpaired) electrons. The molecule has 1 aliphatic heterocycles. The van der Waals surface area contributed by atoms with Crippen LogP contribution in [0.5, 0.6) is 0 Å². The largest absolute Gasteiger partial charge is 0.310 e. The maximum absolute atomic E-state index is 13.2. The Morgan fingerprint density at radius 2 is 1.69 bits per heavy atom. The second kappa shape index (κ2) is 8.89. The number of piperidine rings is 1. The highest BCUT2D eigenvalue weighted by Gasteiger charge is 2.20. The molecule has 152 valence electrons. The van der Waals surface area contributed by atoms with E-state index >= 15 is 0 Å². The van der Waals surface area contributed by atoms with Gasteiger partial charge in [-0.25, -0.2) is 9.07 Å². The van der Waals surface area contributed by atoms with Crippen LogP contribution in [0.25, 0.3) is 5.69 Å². The third kappa shape index (κ3) is 4.74. The third-order valence-corrected chi connectivity index (χ3v) is 5.92. The lowest BCUT2D eigenvalue weighted by molar-refractivity contribution is 0.190. The summed E-state index contributed by atoms with van der Waals surface area (Å²) in [4.78, 5) is 2.54. The first-order valence-corrected chi connectivity index (χ1v) is 10.4. The van der Waals surface area contributed by atoms with E-state index in [2.05, 4.69) is 52.6 Å². The second-order valence-electron chi connectivity index (χ2n) is 7.95. The van der Waals surface area contributed by atoms with Crippen LogP contribution in [0.15, 0.2) is 54.6 Å². The van der Waals surface area contributed by atoms with E-state index in [0.29, 0.717) is 6.04 Å². The molecule has 2 aromatic carbocycles. The van der Waals surface area contributed by atoms with Gasteiger partial charge in [0, 0.05) is 30.4 Å². The van der Waals surface area contributed by atoms with Gasteiger partial charge in [0.25, 0.3) is 0 Å². The van der Waals surface area contributed by atoms with Crippen LogP contribution in [-0.4, -0.2) is 33.8 Å². The standard InChI is InChI=1S/C24H29FN4/c1-18-24(19(2)29(27-18)23-10-8-21(25)9-11-23)16-26-22-12-14-28(15-13-22)17-20-6-4-3-5-7-20/h3-11,22,26H,12-17H2,1-2H3. The first-order valence-electron chi connectivity index (χ1n) is 10.4. The Morgan fingerprint density at radius 3 is 2.38 bits per heavy atom. The SMILES string of the molecule is Cc1nn(-c2ccc(F)cc2)c(C)c1CNC1CCN(Cc2ccccc2)CC1. The fourth-order valence-corrected chi connectivity index (χ4v) is 4.15. The van der Waals surface area contributed by atoms with Crippen LogP contribution < -0.4 is 5.32 Å². The number of likely N-dealkylation sites (tertiary alicyclic amines) is 1. The summed E-state index contributed by atoms with van der Waals surface area (Å²) >= 11 is 0. The summed E-state index contributed by atoms with van der Waals surface area (Å²) < 4.78 is 15.1. The number of aromatic nitrogens is 2. The maximum Gasteiger partial charge on any atom is 0.123 e. The predicted molar refractivity (Wildman–Crippen MR) is 115 cm³/mol. The van der Waals surface area contributed by atoms with Gasteiger partial charge in [-0.2, -0.15) is 5.10 Å². The molecule has 0 aliphatic carbocycles. The maximum atomic E-state index is 13.2. The minimum absolute atomic E-state index is 0.226. The van der Waals surface area contributed by atoms with Crippen LogP contribution in [0, 0.1) is 19.7 Å². The topological polar surface area (TPSA) is 33.1 Å². The average Bonchev–Trinajstić information content (AvgIpc) is 3.02. The molecule has 5 heteroatoms. The normalized spacial score (nSPS) is 15.7. The van der Waals surface area contributed by atoms with E-state index in [1.165, 1.54) is 23.3 Å². The van der Waals surface area contributed by atoms with Crippen molar-refractivity contribution in [3.8, 4) is 5.69 Å². The zero-order valence-electron chi connectivity index (χ0n) is 17.2. The summed E-state index contributed by atoms with van der Waals surface area (Å²) in [6, 6.07) is 17.7. The minimum atomic E-state index is -0.226. The van der Waals surface area contributed by atoms with Crippen LogP contribution >= 0.6 is 0 Å². The minimum Gasteiger partial charge on any atom is -0.310 e. The summed E-state index contributed by atoms with van der Waals surface area (Å²) in [5, 5.41) is 8.42. The lowest BCUT2D eigenvalue weighted by Gasteiger charge is -2.32. The van der Waals surface area contributed by atoms with Gasteiger partial charge in [0.2, 0.25) is 0 Å². The van der Waals surface area contributed by atoms with E-state index in [9.17, 15) is 4.39 Å². The first-order chi connectivity index (χ1) is 14.1. The van der Waals surface area contributed by atoms with Gasteiger partial charge < -0.3 is 5.32 Å². The number of aryl methyl sites for hydroxylation is 1. The summed E-state index contributed by atoms with van der Waals surface area (Å²) in [6.45, 7) is 8.24. The van der Waals surface area contributed by atoms with Gasteiger partial charge in [0.15, 0.2) is 0 Å². The van der Waals surface area contributed by atoms with Crippen molar-refractivity contribution in [1.29, 1.82) is 0 Å². The zero-order valence-corrected chi connectivity index (χ0v) is 17.2. The van der Waals surface area contributed by atoms with Crippen molar-refractivity contribution in [3.05, 3.63) is 82.9 Å². The summed E-state index contributed by atoms with van der Waals surface area (Å²) in [7, 11) is 0. The van der Waals surface area contributed by atoms with Crippen molar-refractivity contribution in [3.63, 3.8) is 0 Å². The molecular formula is C24H29FN4. The van der Waals surface area contributed by atoms with Crippen molar-refractivity contribution >= 4 is 0 Å². The Hall–Kier alpha value is -2.50. The molecule has 0 unspecified atom stereocenters. The molecule has 1 aliphatic rings. The molecule has 0 bridgehead atoms. The number of hydrogen-bond donors (Lipinski definition) is 1. The second-order valence-corrected chi connectivity index (χ2v) is 7.95. The van der Waals surface area contributed by atoms with E-state index in [1.54, 1.807) is 12.1 Å². The molecule has 1 fully saturated rings. The monoisotopic (exact) mass is 392 g/mol. The quantitative estimate of drug-likeness (QED) is 0.676. The van der Waals surface area contributed by atoms with E-state index < -0.39 is 0 Å². The Labute approximate surface area is 172 Å². The molecular weight excluding hydrogens is 363 g/mol. The molecule has 0 atom stereocenters. The summed E-state index contributed by atoms with van der Waals surface area (Å²) in [5.74, 6) is -0.226. The molecule has 1 aromatic heterocycles. The van der Waals surface area contributed by atoms with Crippen LogP contribution in [-0.2, 0) is 13.1 Å². The molecule has 29 heavy (non-hydrogen) atoms. The smallest absolute Gasteiger partial charge is 0.123 e. The highest BCUT2D eigenvalue weighted by molar-refractivity contribution is 5.37. The fourth-order valence-electron chi connectivity index (χ4n) is 4.15. The van der Waals surface area contributed by atoms with Crippen LogP contribution in [0.2, 0.25) is 0 Å². The Bertz CT molecular complexity index is 926. The predicted octanol–water partition coefficient (Wildman–Crippen LogP) is 4.38. The van der Waals surface area contributed by atoms with Gasteiger partial charge in [-0.1, -0.05) is 30.3 Å². The Morgan fingerprint density at radius 1 is 1.00 bits per heavy atom. The van der Waals surface area contributed by atoms with Gasteiger partial charge in [-0.05, 0) is 69.6 Å². The molecule has 4 nitrogen and oxygen atoms in total. The van der Waals surface area contributed by atoms with Crippen molar-refractivity contribution < 1.29 is 4.39 Å². The van der Waals surface area contributed by atoms with Gasteiger partial charge in [-0.3, -0.25) is 4.90 Å². The van der Waals surface area contributed by atoms with Crippen molar-refractivity contribution in [2.45, 2.75) is 45.8 Å².